The summed E-state index contributed by atoms with van der Waals surface area (Å²) in [5.74, 6) is -3.25. The lowest BCUT2D eigenvalue weighted by Crippen LogP contribution is -2.57. The summed E-state index contributed by atoms with van der Waals surface area (Å²) in [4.78, 5) is 63.4. The number of ether oxygens (including phenoxy) is 1. The molecule has 0 aromatic heterocycles. The zero-order valence-corrected chi connectivity index (χ0v) is 14.9. The number of amides is 4. The van der Waals surface area contributed by atoms with E-state index in [0.29, 0.717) is 0 Å². The Kier molecular flexibility index (Phi) is 4.56. The van der Waals surface area contributed by atoms with E-state index in [1.807, 2.05) is 0 Å². The van der Waals surface area contributed by atoms with E-state index in [9.17, 15) is 24.0 Å². The SMILES string of the molecule is CC(C)(N)C(=O)OCN1C(=O)CCC(N2C(=O)c3ccccc3C2=O)C1=O. The van der Waals surface area contributed by atoms with Gasteiger partial charge in [0.2, 0.25) is 5.91 Å². The van der Waals surface area contributed by atoms with Crippen molar-refractivity contribution in [1.82, 2.24) is 9.80 Å². The standard InChI is InChI=1S/C18H19N3O6/c1-18(2,19)17(26)27-9-20-13(22)8-7-12(16(20)25)21-14(23)10-5-3-4-6-11(10)15(21)24/h3-6,12H,7-9,19H2,1-2H3. The highest BCUT2D eigenvalue weighted by atomic mass is 16.5. The van der Waals surface area contributed by atoms with Crippen LogP contribution in [0.1, 0.15) is 47.4 Å². The number of esters is 1. The molecule has 1 atom stereocenters. The van der Waals surface area contributed by atoms with Crippen LogP contribution in [-0.4, -0.2) is 57.7 Å². The third kappa shape index (κ3) is 3.21. The number of likely N-dealkylation sites (tertiary alicyclic amines) is 1. The van der Waals surface area contributed by atoms with Crippen molar-refractivity contribution in [3.8, 4) is 0 Å². The first-order chi connectivity index (χ1) is 12.6. The van der Waals surface area contributed by atoms with Crippen LogP contribution < -0.4 is 5.73 Å². The lowest BCUT2D eigenvalue weighted by Gasteiger charge is -2.34. The molecule has 0 spiro atoms. The molecule has 2 heterocycles. The van der Waals surface area contributed by atoms with Gasteiger partial charge in [-0.15, -0.1) is 0 Å². The number of nitrogens with two attached hydrogens (primary N) is 1. The Morgan fingerprint density at radius 1 is 1.15 bits per heavy atom. The maximum absolute atomic E-state index is 12.8. The maximum Gasteiger partial charge on any atom is 0.327 e. The summed E-state index contributed by atoms with van der Waals surface area (Å²) in [5, 5.41) is 0. The number of rotatable bonds is 4. The summed E-state index contributed by atoms with van der Waals surface area (Å²) in [5.41, 5.74) is 4.76. The van der Waals surface area contributed by atoms with Gasteiger partial charge in [0.15, 0.2) is 6.73 Å². The molecular weight excluding hydrogens is 354 g/mol. The number of carbonyl (C=O) groups is 5. The third-order valence-corrected chi connectivity index (χ3v) is 4.47. The number of imide groups is 2. The van der Waals surface area contributed by atoms with E-state index in [-0.39, 0.29) is 24.0 Å². The van der Waals surface area contributed by atoms with Crippen molar-refractivity contribution in [3.63, 3.8) is 0 Å². The average molecular weight is 373 g/mol. The Morgan fingerprint density at radius 2 is 1.70 bits per heavy atom. The summed E-state index contributed by atoms with van der Waals surface area (Å²) in [7, 11) is 0. The number of fused-ring (bicyclic) bond motifs is 1. The summed E-state index contributed by atoms with van der Waals surface area (Å²) >= 11 is 0. The molecule has 0 aliphatic carbocycles. The largest absolute Gasteiger partial charge is 0.442 e. The van der Waals surface area contributed by atoms with Gasteiger partial charge in [-0.2, -0.15) is 0 Å². The van der Waals surface area contributed by atoms with Crippen molar-refractivity contribution in [2.24, 2.45) is 5.73 Å². The molecular formula is C18H19N3O6. The molecule has 0 bridgehead atoms. The van der Waals surface area contributed by atoms with Crippen LogP contribution in [0.4, 0.5) is 0 Å². The first-order valence-electron chi connectivity index (χ1n) is 8.40. The highest BCUT2D eigenvalue weighted by Crippen LogP contribution is 2.29. The van der Waals surface area contributed by atoms with Crippen LogP contribution >= 0.6 is 0 Å². The first-order valence-corrected chi connectivity index (χ1v) is 8.40. The number of carbonyl (C=O) groups excluding carboxylic acids is 5. The molecule has 9 heteroatoms. The summed E-state index contributed by atoms with van der Waals surface area (Å²) in [6, 6.07) is 5.15. The fraction of sp³-hybridized carbons (Fsp3) is 0.389. The lowest BCUT2D eigenvalue weighted by molar-refractivity contribution is -0.166. The quantitative estimate of drug-likeness (QED) is 0.583. The molecule has 27 heavy (non-hydrogen) atoms. The first kappa shape index (κ1) is 18.7. The van der Waals surface area contributed by atoms with Crippen LogP contribution in [0.15, 0.2) is 24.3 Å². The van der Waals surface area contributed by atoms with E-state index < -0.39 is 47.9 Å². The van der Waals surface area contributed by atoms with E-state index in [0.717, 1.165) is 9.80 Å². The smallest absolute Gasteiger partial charge is 0.327 e. The second-order valence-corrected chi connectivity index (χ2v) is 7.02. The van der Waals surface area contributed by atoms with Gasteiger partial charge in [-0.1, -0.05) is 12.1 Å². The van der Waals surface area contributed by atoms with Crippen LogP contribution in [0.5, 0.6) is 0 Å². The van der Waals surface area contributed by atoms with Gasteiger partial charge >= 0.3 is 5.97 Å². The molecule has 1 aromatic rings. The monoisotopic (exact) mass is 373 g/mol. The van der Waals surface area contributed by atoms with Crippen molar-refractivity contribution in [2.45, 2.75) is 38.3 Å². The summed E-state index contributed by atoms with van der Waals surface area (Å²) in [6.45, 7) is 2.24. The van der Waals surface area contributed by atoms with Crippen molar-refractivity contribution in [1.29, 1.82) is 0 Å². The third-order valence-electron chi connectivity index (χ3n) is 4.47. The predicted molar refractivity (Wildman–Crippen MR) is 91.0 cm³/mol. The highest BCUT2D eigenvalue weighted by molar-refractivity contribution is 6.23. The average Bonchev–Trinajstić information content (AvgIpc) is 2.86. The molecule has 3 rings (SSSR count). The van der Waals surface area contributed by atoms with Crippen molar-refractivity contribution >= 4 is 29.6 Å². The zero-order chi connectivity index (χ0) is 19.9. The Labute approximate surface area is 155 Å². The van der Waals surface area contributed by atoms with E-state index in [1.54, 1.807) is 12.1 Å². The van der Waals surface area contributed by atoms with Gasteiger partial charge in [0.1, 0.15) is 11.6 Å². The van der Waals surface area contributed by atoms with Crippen LogP contribution in [-0.2, 0) is 19.1 Å². The Morgan fingerprint density at radius 3 is 2.22 bits per heavy atom. The highest BCUT2D eigenvalue weighted by Gasteiger charge is 2.47. The van der Waals surface area contributed by atoms with E-state index >= 15 is 0 Å². The van der Waals surface area contributed by atoms with Gasteiger partial charge in [-0.3, -0.25) is 28.9 Å². The molecule has 0 radical (unpaired) electrons. The predicted octanol–water partition coefficient (Wildman–Crippen LogP) is 0.0382. The molecule has 2 aliphatic rings. The lowest BCUT2D eigenvalue weighted by atomic mass is 10.0. The minimum absolute atomic E-state index is 0.0238. The van der Waals surface area contributed by atoms with Gasteiger partial charge in [0.05, 0.1) is 11.1 Å². The molecule has 9 nitrogen and oxygen atoms in total. The molecule has 1 unspecified atom stereocenters. The molecule has 1 aromatic carbocycles. The van der Waals surface area contributed by atoms with E-state index in [1.165, 1.54) is 26.0 Å². The topological polar surface area (TPSA) is 127 Å². The molecule has 2 aliphatic heterocycles. The van der Waals surface area contributed by atoms with Gasteiger partial charge in [0.25, 0.3) is 17.7 Å². The summed E-state index contributed by atoms with van der Waals surface area (Å²) < 4.78 is 4.95. The van der Waals surface area contributed by atoms with Gasteiger partial charge < -0.3 is 10.5 Å². The molecule has 1 saturated heterocycles. The minimum atomic E-state index is -1.29. The van der Waals surface area contributed by atoms with Crippen LogP contribution in [0, 0.1) is 0 Å². The second kappa shape index (κ2) is 6.58. The Bertz CT molecular complexity index is 822. The van der Waals surface area contributed by atoms with Crippen molar-refractivity contribution < 1.29 is 28.7 Å². The van der Waals surface area contributed by atoms with Crippen LogP contribution in [0.25, 0.3) is 0 Å². The zero-order valence-electron chi connectivity index (χ0n) is 14.9. The number of hydrogen-bond donors (Lipinski definition) is 1. The molecule has 1 fully saturated rings. The van der Waals surface area contributed by atoms with E-state index in [4.69, 9.17) is 10.5 Å². The molecule has 142 valence electrons. The van der Waals surface area contributed by atoms with Gasteiger partial charge in [0, 0.05) is 6.42 Å². The van der Waals surface area contributed by atoms with Gasteiger partial charge in [-0.25, -0.2) is 4.90 Å². The molecule has 4 amide bonds. The van der Waals surface area contributed by atoms with E-state index in [2.05, 4.69) is 0 Å². The normalized spacial score (nSPS) is 20.2. The van der Waals surface area contributed by atoms with Crippen LogP contribution in [0.3, 0.4) is 0 Å². The number of nitrogens with zero attached hydrogens (tertiary/aromatic N) is 2. The molecule has 0 saturated carbocycles. The minimum Gasteiger partial charge on any atom is -0.442 e. The summed E-state index contributed by atoms with van der Waals surface area (Å²) in [6.07, 6.45) is -0.0383. The Hall–Kier alpha value is -3.07. The number of piperidine rings is 1. The maximum atomic E-state index is 12.8. The number of hydrogen-bond acceptors (Lipinski definition) is 7. The van der Waals surface area contributed by atoms with Crippen molar-refractivity contribution in [3.05, 3.63) is 35.4 Å². The van der Waals surface area contributed by atoms with Gasteiger partial charge in [-0.05, 0) is 32.4 Å². The van der Waals surface area contributed by atoms with Crippen LogP contribution in [0.2, 0.25) is 0 Å². The Balaban J connectivity index is 1.79. The second-order valence-electron chi connectivity index (χ2n) is 7.02. The fourth-order valence-electron chi connectivity index (χ4n) is 3.00. The number of benzene rings is 1. The van der Waals surface area contributed by atoms with Crippen molar-refractivity contribution in [2.75, 3.05) is 6.73 Å². The fourth-order valence-corrected chi connectivity index (χ4v) is 3.00. The molecule has 2 N–H and O–H groups in total.